The summed E-state index contributed by atoms with van der Waals surface area (Å²) in [7, 11) is 0. The van der Waals surface area contributed by atoms with Gasteiger partial charge in [-0.2, -0.15) is 0 Å². The molecule has 6 atom stereocenters. The van der Waals surface area contributed by atoms with E-state index in [0.29, 0.717) is 39.1 Å². The van der Waals surface area contributed by atoms with Crippen molar-refractivity contribution < 1.29 is 29.0 Å². The summed E-state index contributed by atoms with van der Waals surface area (Å²) in [5.74, 6) is -1.94. The molecular formula is C28H41N3O6S. The maximum atomic E-state index is 14.4. The molecule has 5 heterocycles. The van der Waals surface area contributed by atoms with Crippen molar-refractivity contribution >= 4 is 29.5 Å². The van der Waals surface area contributed by atoms with Gasteiger partial charge < -0.3 is 24.4 Å². The summed E-state index contributed by atoms with van der Waals surface area (Å²) in [5, 5.41) is 10.5. The van der Waals surface area contributed by atoms with Crippen LogP contribution in [0.4, 0.5) is 0 Å². The molecular weight excluding hydrogens is 506 g/mol. The van der Waals surface area contributed by atoms with E-state index in [1.54, 1.807) is 16.7 Å². The van der Waals surface area contributed by atoms with E-state index >= 15 is 0 Å². The number of likely N-dealkylation sites (tertiary alicyclic amines) is 1. The zero-order valence-electron chi connectivity index (χ0n) is 22.7. The molecule has 1 unspecified atom stereocenters. The molecule has 210 valence electrons. The fraction of sp³-hybridized carbons (Fsp3) is 0.750. The Labute approximate surface area is 229 Å². The number of carbonyl (C=O) groups is 3. The van der Waals surface area contributed by atoms with Gasteiger partial charge in [0.2, 0.25) is 11.8 Å². The fourth-order valence-electron chi connectivity index (χ4n) is 6.98. The minimum Gasteiger partial charge on any atom is -0.465 e. The Morgan fingerprint density at radius 3 is 2.53 bits per heavy atom. The van der Waals surface area contributed by atoms with Gasteiger partial charge >= 0.3 is 5.97 Å². The first kappa shape index (κ1) is 27.7. The van der Waals surface area contributed by atoms with Crippen molar-refractivity contribution in [3.05, 3.63) is 24.3 Å². The molecule has 0 radical (unpaired) electrons. The second-order valence-electron chi connectivity index (χ2n) is 11.7. The topological polar surface area (TPSA) is 99.6 Å². The number of fused-ring (bicyclic) bond motifs is 2. The van der Waals surface area contributed by atoms with Gasteiger partial charge in [-0.25, -0.2) is 0 Å². The molecule has 9 nitrogen and oxygen atoms in total. The quantitative estimate of drug-likeness (QED) is 0.376. The van der Waals surface area contributed by atoms with Crippen molar-refractivity contribution in [2.24, 2.45) is 17.8 Å². The normalized spacial score (nSPS) is 36.4. The predicted molar refractivity (Wildman–Crippen MR) is 144 cm³/mol. The van der Waals surface area contributed by atoms with Crippen LogP contribution in [0, 0.1) is 17.8 Å². The van der Waals surface area contributed by atoms with Crippen LogP contribution in [0.15, 0.2) is 24.3 Å². The van der Waals surface area contributed by atoms with E-state index in [1.165, 1.54) is 0 Å². The van der Waals surface area contributed by atoms with Gasteiger partial charge in [0.05, 0.1) is 49.1 Å². The summed E-state index contributed by atoms with van der Waals surface area (Å²) in [6.45, 7) is 10.9. The van der Waals surface area contributed by atoms with E-state index in [-0.39, 0.29) is 36.9 Å². The minimum absolute atomic E-state index is 0.107. The van der Waals surface area contributed by atoms with E-state index in [0.717, 1.165) is 19.6 Å². The third-order valence-corrected chi connectivity index (χ3v) is 10.5. The lowest BCUT2D eigenvalue weighted by Crippen LogP contribution is -2.57. The number of amides is 2. The summed E-state index contributed by atoms with van der Waals surface area (Å²) in [6, 6.07) is -1.30. The number of esters is 1. The van der Waals surface area contributed by atoms with E-state index in [9.17, 15) is 19.5 Å². The van der Waals surface area contributed by atoms with Crippen LogP contribution < -0.4 is 0 Å². The predicted octanol–water partition coefficient (Wildman–Crippen LogP) is 1.31. The van der Waals surface area contributed by atoms with Crippen LogP contribution in [-0.4, -0.2) is 118 Å². The van der Waals surface area contributed by atoms with Crippen molar-refractivity contribution in [3.63, 3.8) is 0 Å². The second kappa shape index (κ2) is 10.9. The maximum absolute atomic E-state index is 14.4. The molecule has 0 saturated carbocycles. The van der Waals surface area contributed by atoms with Crippen molar-refractivity contribution in [3.8, 4) is 0 Å². The monoisotopic (exact) mass is 547 g/mol. The largest absolute Gasteiger partial charge is 0.465 e. The van der Waals surface area contributed by atoms with Crippen LogP contribution in [0.25, 0.3) is 0 Å². The molecule has 1 spiro atoms. The molecule has 1 N–H and O–H groups in total. The molecule has 0 aromatic heterocycles. The molecule has 3 saturated heterocycles. The standard InChI is InChI=1S/C28H41N3O6S/c1-19(2)17-20(18-32)31-23-25(34)30(11-10-29-12-15-36-16-13-29)9-6-8-28(23)21(24(31)33)22-26(35)37-14-5-4-7-27(22,3)38-28/h4,6-8,19-23,32H,5,9-18H2,1-3H3/t20-,21+,22-,23?,27+,28+/m1/s1. The first-order valence-electron chi connectivity index (χ1n) is 14.0. The Kier molecular flexibility index (Phi) is 7.97. The van der Waals surface area contributed by atoms with Crippen LogP contribution in [0.5, 0.6) is 0 Å². The van der Waals surface area contributed by atoms with Gasteiger partial charge in [-0.3, -0.25) is 19.3 Å². The molecule has 10 heteroatoms. The molecule has 38 heavy (non-hydrogen) atoms. The average molecular weight is 548 g/mol. The van der Waals surface area contributed by atoms with Crippen LogP contribution >= 0.6 is 11.8 Å². The molecule has 3 fully saturated rings. The molecule has 2 amide bonds. The Balaban J connectivity index is 1.54. The number of nitrogens with zero attached hydrogens (tertiary/aromatic N) is 3. The van der Waals surface area contributed by atoms with Gasteiger partial charge in [-0.05, 0) is 25.7 Å². The van der Waals surface area contributed by atoms with Gasteiger partial charge in [0, 0.05) is 37.5 Å². The molecule has 0 bridgehead atoms. The lowest BCUT2D eigenvalue weighted by Gasteiger charge is -2.40. The number of aliphatic hydroxyl groups is 1. The van der Waals surface area contributed by atoms with Crippen molar-refractivity contribution in [1.82, 2.24) is 14.7 Å². The molecule has 5 rings (SSSR count). The number of thioether (sulfide) groups is 1. The minimum atomic E-state index is -0.917. The van der Waals surface area contributed by atoms with E-state index in [4.69, 9.17) is 9.47 Å². The van der Waals surface area contributed by atoms with Crippen LogP contribution in [-0.2, 0) is 23.9 Å². The Bertz CT molecular complexity index is 997. The first-order valence-corrected chi connectivity index (χ1v) is 14.8. The molecule has 0 aromatic rings. The van der Waals surface area contributed by atoms with Gasteiger partial charge in [0.1, 0.15) is 6.04 Å². The maximum Gasteiger partial charge on any atom is 0.311 e. The van der Waals surface area contributed by atoms with Gasteiger partial charge in [-0.15, -0.1) is 11.8 Å². The van der Waals surface area contributed by atoms with Gasteiger partial charge in [0.25, 0.3) is 0 Å². The zero-order valence-corrected chi connectivity index (χ0v) is 23.5. The summed E-state index contributed by atoms with van der Waals surface area (Å²) < 4.78 is 9.48. The Morgan fingerprint density at radius 2 is 1.82 bits per heavy atom. The fourth-order valence-corrected chi connectivity index (χ4v) is 9.12. The SMILES string of the molecule is CC(C)C[C@H](CO)N1C(=O)[C@@H]2[C@@H]3C(=O)OCCC=C[C@]3(C)S[C@@]23C=CCN(CCN2CCOCC2)C(=O)C13. The number of hydrogen-bond donors (Lipinski definition) is 1. The molecule has 5 aliphatic heterocycles. The summed E-state index contributed by atoms with van der Waals surface area (Å²) in [6.07, 6.45) is 9.29. The van der Waals surface area contributed by atoms with Gasteiger partial charge in [0.15, 0.2) is 0 Å². The summed E-state index contributed by atoms with van der Waals surface area (Å²) in [5.41, 5.74) is 0. The number of aliphatic hydroxyl groups excluding tert-OH is 1. The van der Waals surface area contributed by atoms with Gasteiger partial charge in [-0.1, -0.05) is 38.2 Å². The first-order chi connectivity index (χ1) is 18.2. The summed E-state index contributed by atoms with van der Waals surface area (Å²) in [4.78, 5) is 48.0. The lowest BCUT2D eigenvalue weighted by atomic mass is 9.74. The van der Waals surface area contributed by atoms with E-state index < -0.39 is 33.4 Å². The van der Waals surface area contributed by atoms with Crippen LogP contribution in [0.2, 0.25) is 0 Å². The highest BCUT2D eigenvalue weighted by atomic mass is 32.2. The number of morpholine rings is 1. The molecule has 0 aliphatic carbocycles. The highest BCUT2D eigenvalue weighted by Gasteiger charge is 2.74. The highest BCUT2D eigenvalue weighted by molar-refractivity contribution is 8.02. The summed E-state index contributed by atoms with van der Waals surface area (Å²) >= 11 is 1.55. The number of cyclic esters (lactones) is 1. The number of rotatable bonds is 7. The number of ether oxygens (including phenoxy) is 2. The third-order valence-electron chi connectivity index (χ3n) is 8.68. The zero-order chi connectivity index (χ0) is 27.1. The van der Waals surface area contributed by atoms with Crippen molar-refractivity contribution in [1.29, 1.82) is 0 Å². The third kappa shape index (κ3) is 4.71. The molecule has 5 aliphatic rings. The average Bonchev–Trinajstić information content (AvgIpc) is 3.21. The van der Waals surface area contributed by atoms with Crippen LogP contribution in [0.1, 0.15) is 33.6 Å². The Hall–Kier alpha value is -1.88. The van der Waals surface area contributed by atoms with Crippen molar-refractivity contribution in [2.75, 3.05) is 59.2 Å². The smallest absolute Gasteiger partial charge is 0.311 e. The number of hydrogen-bond acceptors (Lipinski definition) is 8. The number of carbonyl (C=O) groups excluding carboxylic acids is 3. The van der Waals surface area contributed by atoms with E-state index in [2.05, 4.69) is 4.90 Å². The Morgan fingerprint density at radius 1 is 1.05 bits per heavy atom. The van der Waals surface area contributed by atoms with Crippen molar-refractivity contribution in [2.45, 2.75) is 55.2 Å². The molecule has 0 aromatic carbocycles. The lowest BCUT2D eigenvalue weighted by molar-refractivity contribution is -0.155. The van der Waals surface area contributed by atoms with E-state index in [1.807, 2.05) is 50.0 Å². The second-order valence-corrected chi connectivity index (χ2v) is 13.5. The van der Waals surface area contributed by atoms with Crippen LogP contribution in [0.3, 0.4) is 0 Å². The highest BCUT2D eigenvalue weighted by Crippen LogP contribution is 2.65.